The minimum atomic E-state index is -3.78. The summed E-state index contributed by atoms with van der Waals surface area (Å²) in [5.74, 6) is 0. The average molecular weight is 334 g/mol. The Labute approximate surface area is 128 Å². The van der Waals surface area contributed by atoms with E-state index in [0.29, 0.717) is 6.54 Å². The molecule has 2 rings (SSSR count). The molecule has 1 saturated heterocycles. The van der Waals surface area contributed by atoms with Crippen molar-refractivity contribution in [2.75, 3.05) is 20.1 Å². The van der Waals surface area contributed by atoms with Crippen LogP contribution in [0.2, 0.25) is 5.02 Å². The normalized spacial score (nSPS) is 19.7. The maximum atomic E-state index is 12.5. The Morgan fingerprint density at radius 1 is 1.48 bits per heavy atom. The van der Waals surface area contributed by atoms with E-state index < -0.39 is 20.6 Å². The lowest BCUT2D eigenvalue weighted by atomic mass is 10.1. The van der Waals surface area contributed by atoms with Crippen molar-refractivity contribution in [3.63, 3.8) is 0 Å². The van der Waals surface area contributed by atoms with E-state index in [1.54, 1.807) is 0 Å². The third-order valence-corrected chi connectivity index (χ3v) is 5.80. The summed E-state index contributed by atoms with van der Waals surface area (Å²) in [6.45, 7) is 1.45. The second-order valence-corrected chi connectivity index (χ2v) is 7.30. The quantitative estimate of drug-likeness (QED) is 0.667. The number of likely N-dealkylation sites (N-methyl/N-ethyl adjacent to an activating group) is 1. The molecular weight excluding hydrogens is 318 g/mol. The Morgan fingerprint density at radius 3 is 2.76 bits per heavy atom. The Kier molecular flexibility index (Phi) is 4.82. The van der Waals surface area contributed by atoms with Crippen molar-refractivity contribution in [1.82, 2.24) is 9.62 Å². The molecule has 0 saturated carbocycles. The topological polar surface area (TPSA) is 92.6 Å². The molecule has 0 bridgehead atoms. The largest absolute Gasteiger partial charge is 0.315 e. The van der Waals surface area contributed by atoms with Gasteiger partial charge in [0.1, 0.15) is 5.02 Å². The first kappa shape index (κ1) is 16.2. The van der Waals surface area contributed by atoms with Crippen LogP contribution in [0.25, 0.3) is 0 Å². The molecule has 1 aliphatic rings. The maximum absolute atomic E-state index is 12.5. The molecule has 0 amide bonds. The molecule has 1 atom stereocenters. The summed E-state index contributed by atoms with van der Waals surface area (Å²) in [6.07, 6.45) is 1.66. The molecule has 1 aliphatic heterocycles. The number of halogens is 1. The molecule has 0 spiro atoms. The van der Waals surface area contributed by atoms with Gasteiger partial charge in [0.25, 0.3) is 5.69 Å². The van der Waals surface area contributed by atoms with Crippen molar-refractivity contribution < 1.29 is 13.3 Å². The number of hydrogen-bond donors (Lipinski definition) is 1. The number of piperidine rings is 1. The van der Waals surface area contributed by atoms with Gasteiger partial charge in [0, 0.05) is 25.7 Å². The van der Waals surface area contributed by atoms with Crippen LogP contribution in [0.3, 0.4) is 0 Å². The number of nitrogens with one attached hydrogen (secondary N) is 1. The van der Waals surface area contributed by atoms with E-state index in [2.05, 4.69) is 5.32 Å². The van der Waals surface area contributed by atoms with Crippen LogP contribution in [0.15, 0.2) is 23.1 Å². The van der Waals surface area contributed by atoms with Gasteiger partial charge in [-0.3, -0.25) is 10.1 Å². The SMILES string of the molecule is CN(C1CCCNC1)S(=O)(=O)c1ccc(Cl)c([N+](=O)[O-])c1. The highest BCUT2D eigenvalue weighted by molar-refractivity contribution is 7.89. The number of hydrogen-bond acceptors (Lipinski definition) is 5. The van der Waals surface area contributed by atoms with Crippen LogP contribution in [0, 0.1) is 10.1 Å². The fourth-order valence-electron chi connectivity index (χ4n) is 2.30. The molecule has 9 heteroatoms. The molecule has 7 nitrogen and oxygen atoms in total. The van der Waals surface area contributed by atoms with Crippen LogP contribution in [0.1, 0.15) is 12.8 Å². The van der Waals surface area contributed by atoms with Gasteiger partial charge < -0.3 is 5.32 Å². The van der Waals surface area contributed by atoms with E-state index in [1.165, 1.54) is 23.5 Å². The number of rotatable bonds is 4. The first-order valence-electron chi connectivity index (χ1n) is 6.46. The summed E-state index contributed by atoms with van der Waals surface area (Å²) in [5.41, 5.74) is -0.409. The molecular formula is C12H16ClN3O4S. The molecule has 116 valence electrons. The molecule has 0 aliphatic carbocycles. The van der Waals surface area contributed by atoms with Gasteiger partial charge in [0.15, 0.2) is 0 Å². The van der Waals surface area contributed by atoms with Crippen molar-refractivity contribution in [2.45, 2.75) is 23.8 Å². The van der Waals surface area contributed by atoms with E-state index in [9.17, 15) is 18.5 Å². The number of nitro groups is 1. The van der Waals surface area contributed by atoms with E-state index in [4.69, 9.17) is 11.6 Å². The van der Waals surface area contributed by atoms with E-state index in [-0.39, 0.29) is 16.0 Å². The van der Waals surface area contributed by atoms with Gasteiger partial charge in [0.2, 0.25) is 10.0 Å². The van der Waals surface area contributed by atoms with Crippen LogP contribution in [-0.4, -0.2) is 43.8 Å². The molecule has 21 heavy (non-hydrogen) atoms. The van der Waals surface area contributed by atoms with Crippen molar-refractivity contribution in [1.29, 1.82) is 0 Å². The van der Waals surface area contributed by atoms with Crippen LogP contribution >= 0.6 is 11.6 Å². The second-order valence-electron chi connectivity index (χ2n) is 4.89. The number of benzene rings is 1. The van der Waals surface area contributed by atoms with Gasteiger partial charge in [-0.25, -0.2) is 8.42 Å². The first-order chi connectivity index (χ1) is 9.84. The fourth-order valence-corrected chi connectivity index (χ4v) is 3.89. The van der Waals surface area contributed by atoms with Gasteiger partial charge in [-0.1, -0.05) is 11.6 Å². The first-order valence-corrected chi connectivity index (χ1v) is 8.28. The zero-order valence-corrected chi connectivity index (χ0v) is 13.0. The van der Waals surface area contributed by atoms with Gasteiger partial charge in [-0.2, -0.15) is 4.31 Å². The molecule has 0 aromatic heterocycles. The zero-order chi connectivity index (χ0) is 15.6. The minimum absolute atomic E-state index is 0.0825. The maximum Gasteiger partial charge on any atom is 0.289 e. The van der Waals surface area contributed by atoms with Crippen LogP contribution in [0.4, 0.5) is 5.69 Å². The Bertz CT molecular complexity index is 644. The molecule has 1 unspecified atom stereocenters. The lowest BCUT2D eigenvalue weighted by Gasteiger charge is -2.30. The van der Waals surface area contributed by atoms with Gasteiger partial charge in [-0.15, -0.1) is 0 Å². The van der Waals surface area contributed by atoms with E-state index >= 15 is 0 Å². The number of sulfonamides is 1. The highest BCUT2D eigenvalue weighted by Gasteiger charge is 2.30. The lowest BCUT2D eigenvalue weighted by Crippen LogP contribution is -2.46. The Hall–Kier alpha value is -1.22. The Balaban J connectivity index is 2.34. The smallest absolute Gasteiger partial charge is 0.289 e. The molecule has 1 heterocycles. The third kappa shape index (κ3) is 3.34. The van der Waals surface area contributed by atoms with Gasteiger partial charge in [-0.05, 0) is 31.5 Å². The van der Waals surface area contributed by atoms with Crippen molar-refractivity contribution >= 4 is 27.3 Å². The molecule has 1 aromatic carbocycles. The van der Waals surface area contributed by atoms with Crippen molar-refractivity contribution in [3.05, 3.63) is 33.3 Å². The third-order valence-electron chi connectivity index (χ3n) is 3.58. The van der Waals surface area contributed by atoms with Crippen LogP contribution < -0.4 is 5.32 Å². The van der Waals surface area contributed by atoms with Crippen molar-refractivity contribution in [3.8, 4) is 0 Å². The Morgan fingerprint density at radius 2 is 2.19 bits per heavy atom. The standard InChI is InChI=1S/C12H16ClN3O4S/c1-15(9-3-2-6-14-8-9)21(19,20)10-4-5-11(13)12(7-10)16(17)18/h4-5,7,9,14H,2-3,6,8H2,1H3. The fraction of sp³-hybridized carbons (Fsp3) is 0.500. The summed E-state index contributed by atoms with van der Waals surface area (Å²) < 4.78 is 26.4. The number of nitrogens with zero attached hydrogens (tertiary/aromatic N) is 2. The minimum Gasteiger partial charge on any atom is -0.315 e. The predicted molar refractivity (Wildman–Crippen MR) is 78.9 cm³/mol. The summed E-state index contributed by atoms with van der Waals surface area (Å²) in [5, 5.41) is 13.9. The summed E-state index contributed by atoms with van der Waals surface area (Å²) >= 11 is 5.71. The lowest BCUT2D eigenvalue weighted by molar-refractivity contribution is -0.384. The van der Waals surface area contributed by atoms with Crippen LogP contribution in [-0.2, 0) is 10.0 Å². The van der Waals surface area contributed by atoms with Crippen LogP contribution in [0.5, 0.6) is 0 Å². The van der Waals surface area contributed by atoms with Gasteiger partial charge in [0.05, 0.1) is 9.82 Å². The number of nitro benzene ring substituents is 1. The zero-order valence-electron chi connectivity index (χ0n) is 11.5. The predicted octanol–water partition coefficient (Wildman–Crippen LogP) is 1.62. The molecule has 1 fully saturated rings. The molecule has 1 aromatic rings. The van der Waals surface area contributed by atoms with Gasteiger partial charge >= 0.3 is 0 Å². The van der Waals surface area contributed by atoms with E-state index in [1.807, 2.05) is 0 Å². The molecule has 1 N–H and O–H groups in total. The second kappa shape index (κ2) is 6.27. The summed E-state index contributed by atoms with van der Waals surface area (Å²) in [7, 11) is -2.29. The summed E-state index contributed by atoms with van der Waals surface area (Å²) in [6, 6.07) is 3.37. The van der Waals surface area contributed by atoms with E-state index in [0.717, 1.165) is 25.5 Å². The van der Waals surface area contributed by atoms with Crippen molar-refractivity contribution in [2.24, 2.45) is 0 Å². The highest BCUT2D eigenvalue weighted by Crippen LogP contribution is 2.29. The molecule has 0 radical (unpaired) electrons. The monoisotopic (exact) mass is 333 g/mol. The average Bonchev–Trinajstić information content (AvgIpc) is 2.47. The highest BCUT2D eigenvalue weighted by atomic mass is 35.5. The summed E-state index contributed by atoms with van der Waals surface area (Å²) in [4.78, 5) is 10.1.